The van der Waals surface area contributed by atoms with Crippen LogP contribution in [0.1, 0.15) is 113 Å². The second-order valence-electron chi connectivity index (χ2n) is 29.0. The van der Waals surface area contributed by atoms with Crippen molar-refractivity contribution in [1.82, 2.24) is 0 Å². The first-order valence-electron chi connectivity index (χ1n) is 30.8. The number of hydrogen-bond acceptors (Lipinski definition) is 28. The van der Waals surface area contributed by atoms with Crippen molar-refractivity contribution < 1.29 is 139 Å². The predicted octanol–water partition coefficient (Wildman–Crippen LogP) is -4.66. The summed E-state index contributed by atoms with van der Waals surface area (Å²) in [5, 5.41) is 198. The van der Waals surface area contributed by atoms with Crippen molar-refractivity contribution in [2.75, 3.05) is 26.4 Å². The smallest absolute Gasteiger partial charge is 0.357 e. The van der Waals surface area contributed by atoms with Crippen molar-refractivity contribution in [3.63, 3.8) is 0 Å². The van der Waals surface area contributed by atoms with Crippen LogP contribution in [0.5, 0.6) is 0 Å². The van der Waals surface area contributed by atoms with E-state index >= 15 is 0 Å². The van der Waals surface area contributed by atoms with Crippen molar-refractivity contribution in [3.05, 3.63) is 11.6 Å². The molecular weight excluding hydrogens is 1160 g/mol. The first-order chi connectivity index (χ1) is 40.4. The highest BCUT2D eigenvalue weighted by Crippen LogP contribution is 2.75. The molecule has 0 aromatic carbocycles. The third kappa shape index (κ3) is 10.8. The van der Waals surface area contributed by atoms with E-state index in [1.807, 2.05) is 20.8 Å². The average Bonchev–Trinajstić information content (AvgIpc) is 0.695. The fraction of sp³-hybridized carbons (Fsp3) is 0.949. The van der Waals surface area contributed by atoms with Crippen LogP contribution < -0.4 is 0 Å². The van der Waals surface area contributed by atoms with E-state index in [1.165, 1.54) is 19.4 Å². The van der Waals surface area contributed by atoms with Crippen LogP contribution in [0.15, 0.2) is 11.6 Å². The minimum absolute atomic E-state index is 0.0484. The third-order valence-electron chi connectivity index (χ3n) is 23.5. The van der Waals surface area contributed by atoms with E-state index in [0.29, 0.717) is 51.4 Å². The molecule has 4 saturated carbocycles. The normalized spacial score (nSPS) is 56.9. The van der Waals surface area contributed by atoms with Gasteiger partial charge in [-0.05, 0) is 117 Å². The van der Waals surface area contributed by atoms with Crippen LogP contribution >= 0.6 is 0 Å². The topological polar surface area (TPSA) is 464 Å². The predicted molar refractivity (Wildman–Crippen MR) is 290 cm³/mol. The molecule has 5 saturated heterocycles. The highest BCUT2D eigenvalue weighted by Gasteiger charge is 2.71. The molecule has 10 rings (SSSR count). The molecule has 34 atom stereocenters. The van der Waals surface area contributed by atoms with Crippen molar-refractivity contribution in [3.8, 4) is 0 Å². The Morgan fingerprint density at radius 3 is 1.95 bits per heavy atom. The van der Waals surface area contributed by atoms with Gasteiger partial charge < -0.3 is 135 Å². The lowest BCUT2D eigenvalue weighted by molar-refractivity contribution is -0.473. The van der Waals surface area contributed by atoms with Gasteiger partial charge in [0.05, 0.1) is 50.7 Å². The maximum absolute atomic E-state index is 14.8. The van der Waals surface area contributed by atoms with Crippen LogP contribution in [0, 0.1) is 56.7 Å². The maximum atomic E-state index is 14.8. The highest BCUT2D eigenvalue weighted by atomic mass is 16.9. The van der Waals surface area contributed by atoms with Gasteiger partial charge in [0.2, 0.25) is 5.79 Å². The summed E-state index contributed by atoms with van der Waals surface area (Å²) in [7, 11) is 0. The number of aliphatic hydroxyl groups excluding tert-OH is 16. The van der Waals surface area contributed by atoms with Crippen molar-refractivity contribution in [2.24, 2.45) is 56.7 Å². The van der Waals surface area contributed by atoms with E-state index in [9.17, 15) is 96.7 Å². The largest absolute Gasteiger partial charge is 0.405 e. The molecule has 0 amide bonds. The van der Waals surface area contributed by atoms with Gasteiger partial charge in [0, 0.05) is 5.41 Å². The molecule has 87 heavy (non-hydrogen) atoms. The molecule has 10 aliphatic rings. The number of carbonyl (C=O) groups excluding carboxylic acids is 1. The molecule has 28 nitrogen and oxygen atoms in total. The summed E-state index contributed by atoms with van der Waals surface area (Å²) in [5.74, 6) is -11.5. The standard InChI is InChI=1S/C59H96O28/c1-23-35(63)39(67)43(71)51(81-23)82-45-30(19-60)84-58(77,48(75)44(45)72)80-21-31-38(66)41(69)47(74)59(78,85-31)87-50(76)27-18-52(3,4)17-26-25(27)11-15-55(7)28(26)9-10-33-53(5)14-13-34(54(6,22-61)32(53)12-16-56(33,55)8)86-57(46(73)40(68)36(64)24(2)83-57)49-42(70)37(65)29(62)20-79-49/h9,23-27,29-49,51,60-75,77-78H,10-22H2,1-8H3. The van der Waals surface area contributed by atoms with E-state index < -0.39 is 206 Å². The van der Waals surface area contributed by atoms with E-state index in [1.54, 1.807) is 0 Å². The first-order valence-corrected chi connectivity index (χ1v) is 30.8. The van der Waals surface area contributed by atoms with Gasteiger partial charge in [0.15, 0.2) is 18.5 Å². The van der Waals surface area contributed by atoms with E-state index in [2.05, 4.69) is 26.8 Å². The van der Waals surface area contributed by atoms with Gasteiger partial charge in [-0.1, -0.05) is 53.2 Å². The number of fused-ring (bicyclic) bond motifs is 7. The van der Waals surface area contributed by atoms with Gasteiger partial charge >= 0.3 is 17.9 Å². The Labute approximate surface area is 504 Å². The number of aliphatic hydroxyl groups is 18. The summed E-state index contributed by atoms with van der Waals surface area (Å²) in [6.45, 7) is 12.7. The Balaban J connectivity index is 0.847. The Bertz CT molecular complexity index is 2490. The van der Waals surface area contributed by atoms with Crippen LogP contribution in [-0.4, -0.2) is 277 Å². The molecular formula is C59H96O28. The zero-order chi connectivity index (χ0) is 64.0. The van der Waals surface area contributed by atoms with Crippen LogP contribution in [0.25, 0.3) is 0 Å². The second-order valence-corrected chi connectivity index (χ2v) is 29.0. The fourth-order valence-corrected chi connectivity index (χ4v) is 18.3. The lowest BCUT2D eigenvalue weighted by Gasteiger charge is -2.71. The van der Waals surface area contributed by atoms with Gasteiger partial charge in [-0.25, -0.2) is 0 Å². The fourth-order valence-electron chi connectivity index (χ4n) is 18.3. The first kappa shape index (κ1) is 68.0. The van der Waals surface area contributed by atoms with Gasteiger partial charge in [0.25, 0.3) is 0 Å². The van der Waals surface area contributed by atoms with Crippen LogP contribution in [0.4, 0.5) is 0 Å². The Morgan fingerprint density at radius 2 is 1.29 bits per heavy atom. The molecule has 0 aromatic rings. The van der Waals surface area contributed by atoms with Crippen molar-refractivity contribution >= 4 is 5.97 Å². The quantitative estimate of drug-likeness (QED) is 0.0378. The average molecular weight is 1250 g/mol. The van der Waals surface area contributed by atoms with Crippen LogP contribution in [0.3, 0.4) is 0 Å². The van der Waals surface area contributed by atoms with Crippen molar-refractivity contribution in [2.45, 2.75) is 265 Å². The number of allylic oxidation sites excluding steroid dienone is 2. The molecule has 18 N–H and O–H groups in total. The Morgan fingerprint density at radius 1 is 0.644 bits per heavy atom. The zero-order valence-electron chi connectivity index (χ0n) is 50.5. The summed E-state index contributed by atoms with van der Waals surface area (Å²) < 4.78 is 52.2. The molecule has 0 spiro atoms. The number of ether oxygens (including phenoxy) is 9. The van der Waals surface area contributed by atoms with Crippen molar-refractivity contribution in [1.29, 1.82) is 0 Å². The lowest BCUT2D eigenvalue weighted by atomic mass is 9.34. The van der Waals surface area contributed by atoms with Crippen LogP contribution in [-0.2, 0) is 47.4 Å². The molecule has 34 unspecified atom stereocenters. The summed E-state index contributed by atoms with van der Waals surface area (Å²) in [6.07, 6.45) is -31.8. The summed E-state index contributed by atoms with van der Waals surface area (Å²) in [4.78, 5) is 14.8. The molecule has 500 valence electrons. The maximum Gasteiger partial charge on any atom is 0.357 e. The molecule has 0 radical (unpaired) electrons. The number of carbonyl (C=O) groups is 1. The molecule has 0 bridgehead atoms. The molecule has 9 fully saturated rings. The van der Waals surface area contributed by atoms with E-state index in [0.717, 1.165) is 0 Å². The van der Waals surface area contributed by atoms with Gasteiger partial charge in [0.1, 0.15) is 97.7 Å². The number of rotatable bonds is 12. The monoisotopic (exact) mass is 1250 g/mol. The third-order valence-corrected chi connectivity index (χ3v) is 23.5. The minimum atomic E-state index is -3.34. The highest BCUT2D eigenvalue weighted by molar-refractivity contribution is 5.74. The SMILES string of the molecule is CC1OC(OC2C(CO)OC(O)(OCC3OC(O)(OC(=O)C4CC(C)(C)CC5C6=CCC7C8(C)CCC(OC9(C%10OCC(O)C(O)C%10O)OC(C)C(O)C(O)C9O)C(C)(CO)C8CCC7(C)C6(C)CCC45)C(O)C(O)C3O)C(O)C2O)C(O)C(O)C1O. The number of hydrogen-bond donors (Lipinski definition) is 18. The Hall–Kier alpha value is -1.83. The molecule has 28 heteroatoms. The molecule has 5 aliphatic heterocycles. The molecule has 5 aliphatic carbocycles. The molecule has 5 heterocycles. The minimum Gasteiger partial charge on any atom is -0.405 e. The van der Waals surface area contributed by atoms with Gasteiger partial charge in [-0.15, -0.1) is 0 Å². The molecule has 0 aromatic heterocycles. The second kappa shape index (κ2) is 23.9. The summed E-state index contributed by atoms with van der Waals surface area (Å²) in [6, 6.07) is 0. The van der Waals surface area contributed by atoms with Gasteiger partial charge in [-0.3, -0.25) is 4.79 Å². The number of esters is 1. The van der Waals surface area contributed by atoms with Gasteiger partial charge in [-0.2, -0.15) is 0 Å². The van der Waals surface area contributed by atoms with E-state index in [-0.39, 0.29) is 42.1 Å². The summed E-state index contributed by atoms with van der Waals surface area (Å²) >= 11 is 0. The van der Waals surface area contributed by atoms with Crippen LogP contribution in [0.2, 0.25) is 0 Å². The van der Waals surface area contributed by atoms with E-state index in [4.69, 9.17) is 42.6 Å². The Kier molecular flexibility index (Phi) is 18.7. The lowest BCUT2D eigenvalue weighted by Crippen LogP contribution is -2.75. The summed E-state index contributed by atoms with van der Waals surface area (Å²) in [5.41, 5.74) is -1.52. The zero-order valence-corrected chi connectivity index (χ0v) is 50.5.